The first-order valence-electron chi connectivity index (χ1n) is 5.21. The summed E-state index contributed by atoms with van der Waals surface area (Å²) < 4.78 is 6.79. The largest absolute Gasteiger partial charge is 1.00 e. The van der Waals surface area contributed by atoms with Gasteiger partial charge < -0.3 is 21.6 Å². The Morgan fingerprint density at radius 3 is 2.00 bits per heavy atom. The topological polar surface area (TPSA) is 9.23 Å². The molecule has 0 aromatic carbocycles. The Morgan fingerprint density at radius 2 is 1.64 bits per heavy atom. The first-order chi connectivity index (χ1) is 5.77. The molecule has 0 aliphatic heterocycles. The molecule has 0 unspecified atom stereocenters. The summed E-state index contributed by atoms with van der Waals surface area (Å²) in [6.07, 6.45) is 2.38. The maximum atomic E-state index is 5.83. The molecule has 2 nitrogen and oxygen atoms in total. The third kappa shape index (κ3) is 10.3. The molecule has 0 bridgehead atoms. The smallest absolute Gasteiger partial charge is 0.111 e. The summed E-state index contributed by atoms with van der Waals surface area (Å²) in [5.74, 6) is 0. The molecule has 0 aromatic rings. The molecule has 0 aliphatic rings. The molecular formula is C11H26ClNO. The third-order valence-electron chi connectivity index (χ3n) is 1.85. The second-order valence-electron chi connectivity index (χ2n) is 5.41. The van der Waals surface area contributed by atoms with Crippen LogP contribution in [0.3, 0.4) is 0 Å². The van der Waals surface area contributed by atoms with E-state index in [4.69, 9.17) is 4.74 Å². The molecule has 0 aromatic heterocycles. The van der Waals surface area contributed by atoms with E-state index >= 15 is 0 Å². The molecule has 0 spiro atoms. The predicted octanol–water partition coefficient (Wildman–Crippen LogP) is -0.708. The molecule has 3 heteroatoms. The van der Waals surface area contributed by atoms with Crippen molar-refractivity contribution < 1.29 is 21.6 Å². The Morgan fingerprint density at radius 1 is 1.14 bits per heavy atom. The van der Waals surface area contributed by atoms with Gasteiger partial charge in [-0.3, -0.25) is 0 Å². The maximum absolute atomic E-state index is 5.83. The van der Waals surface area contributed by atoms with Crippen LogP contribution in [0.2, 0.25) is 0 Å². The lowest BCUT2D eigenvalue weighted by Gasteiger charge is -2.34. The number of quaternary nitrogens is 1. The fourth-order valence-corrected chi connectivity index (χ4v) is 1.68. The normalized spacial score (nSPS) is 12.4. The van der Waals surface area contributed by atoms with Gasteiger partial charge in [0.2, 0.25) is 0 Å². The van der Waals surface area contributed by atoms with Gasteiger partial charge in [-0.2, -0.15) is 0 Å². The van der Waals surface area contributed by atoms with E-state index in [0.717, 1.165) is 17.6 Å². The average molecular weight is 224 g/mol. The zero-order valence-electron chi connectivity index (χ0n) is 10.6. The van der Waals surface area contributed by atoms with Gasteiger partial charge in [-0.1, -0.05) is 13.3 Å². The fourth-order valence-electron chi connectivity index (χ4n) is 1.68. The molecule has 0 radical (unpaired) electrons. The number of hydrogen-bond donors (Lipinski definition) is 0. The lowest BCUT2D eigenvalue weighted by Crippen LogP contribution is -3.00. The van der Waals surface area contributed by atoms with Crippen LogP contribution in [-0.2, 0) is 4.74 Å². The minimum absolute atomic E-state index is 0. The van der Waals surface area contributed by atoms with Crippen LogP contribution in [0, 0.1) is 0 Å². The van der Waals surface area contributed by atoms with E-state index < -0.39 is 0 Å². The Hall–Kier alpha value is 0.210. The summed E-state index contributed by atoms with van der Waals surface area (Å²) in [6, 6.07) is 0. The summed E-state index contributed by atoms with van der Waals surface area (Å²) >= 11 is 0. The molecule has 0 atom stereocenters. The predicted molar refractivity (Wildman–Crippen MR) is 57.8 cm³/mol. The lowest BCUT2D eigenvalue weighted by molar-refractivity contribution is -0.876. The zero-order valence-corrected chi connectivity index (χ0v) is 11.3. The van der Waals surface area contributed by atoms with Gasteiger partial charge in [0, 0.05) is 6.61 Å². The van der Waals surface area contributed by atoms with Crippen molar-refractivity contribution in [2.24, 2.45) is 0 Å². The highest BCUT2D eigenvalue weighted by molar-refractivity contribution is 4.67. The summed E-state index contributed by atoms with van der Waals surface area (Å²) in [5, 5.41) is 0. The molecule has 88 valence electrons. The molecule has 14 heavy (non-hydrogen) atoms. The SMILES string of the molecule is CCCCOC(C)(C)C[N+](C)(C)C.[Cl-]. The first kappa shape index (κ1) is 16.6. The number of ether oxygens (including phenoxy) is 1. The van der Waals surface area contributed by atoms with Gasteiger partial charge in [0.25, 0.3) is 0 Å². The molecule has 0 N–H and O–H groups in total. The molecule has 0 rings (SSSR count). The van der Waals surface area contributed by atoms with Gasteiger partial charge in [-0.05, 0) is 20.3 Å². The van der Waals surface area contributed by atoms with Crippen LogP contribution in [0.4, 0.5) is 0 Å². The van der Waals surface area contributed by atoms with Crippen LogP contribution in [0.15, 0.2) is 0 Å². The molecule has 0 saturated carbocycles. The lowest BCUT2D eigenvalue weighted by atomic mass is 10.1. The van der Waals surface area contributed by atoms with Gasteiger partial charge in [0.15, 0.2) is 0 Å². The van der Waals surface area contributed by atoms with Crippen LogP contribution in [0.25, 0.3) is 0 Å². The molecule has 0 saturated heterocycles. The van der Waals surface area contributed by atoms with Gasteiger partial charge in [-0.15, -0.1) is 0 Å². The molecule has 0 heterocycles. The standard InChI is InChI=1S/C11H26NO.ClH/c1-7-8-9-13-11(2,3)10-12(4,5)6;/h7-10H2,1-6H3;1H/q+1;/p-1. The molecule has 0 fully saturated rings. The highest BCUT2D eigenvalue weighted by atomic mass is 35.5. The summed E-state index contributed by atoms with van der Waals surface area (Å²) in [7, 11) is 6.60. The highest BCUT2D eigenvalue weighted by Crippen LogP contribution is 2.13. The average Bonchev–Trinajstić information content (AvgIpc) is 1.81. The Balaban J connectivity index is 0. The van der Waals surface area contributed by atoms with Gasteiger partial charge in [0.1, 0.15) is 12.1 Å². The summed E-state index contributed by atoms with van der Waals surface area (Å²) in [4.78, 5) is 0. The number of hydrogen-bond acceptors (Lipinski definition) is 1. The van der Waals surface area contributed by atoms with Crippen molar-refractivity contribution in [1.82, 2.24) is 0 Å². The van der Waals surface area contributed by atoms with Crippen molar-refractivity contribution in [3.05, 3.63) is 0 Å². The van der Waals surface area contributed by atoms with Crippen LogP contribution < -0.4 is 12.4 Å². The highest BCUT2D eigenvalue weighted by Gasteiger charge is 2.26. The van der Waals surface area contributed by atoms with Crippen LogP contribution >= 0.6 is 0 Å². The van der Waals surface area contributed by atoms with E-state index in [1.807, 2.05) is 0 Å². The van der Waals surface area contributed by atoms with Crippen LogP contribution in [0.1, 0.15) is 33.6 Å². The van der Waals surface area contributed by atoms with E-state index in [9.17, 15) is 0 Å². The van der Waals surface area contributed by atoms with Crippen LogP contribution in [0.5, 0.6) is 0 Å². The van der Waals surface area contributed by atoms with Crippen molar-refractivity contribution in [3.63, 3.8) is 0 Å². The Labute approximate surface area is 95.6 Å². The molecule has 0 aliphatic carbocycles. The number of halogens is 1. The van der Waals surface area contributed by atoms with E-state index in [1.54, 1.807) is 0 Å². The third-order valence-corrected chi connectivity index (χ3v) is 1.85. The summed E-state index contributed by atoms with van der Waals surface area (Å²) in [5.41, 5.74) is 0.00736. The maximum Gasteiger partial charge on any atom is 0.111 e. The van der Waals surface area contributed by atoms with Gasteiger partial charge in [-0.25, -0.2) is 0 Å². The first-order valence-corrected chi connectivity index (χ1v) is 5.21. The number of nitrogens with zero attached hydrogens (tertiary/aromatic N) is 1. The Kier molecular flexibility index (Phi) is 7.90. The van der Waals surface area contributed by atoms with E-state index in [2.05, 4.69) is 41.9 Å². The van der Waals surface area contributed by atoms with E-state index in [-0.39, 0.29) is 18.0 Å². The number of likely N-dealkylation sites (N-methyl/N-ethyl adjacent to an activating group) is 1. The quantitative estimate of drug-likeness (QED) is 0.427. The van der Waals surface area contributed by atoms with Crippen molar-refractivity contribution >= 4 is 0 Å². The van der Waals surface area contributed by atoms with Crippen molar-refractivity contribution in [3.8, 4) is 0 Å². The van der Waals surface area contributed by atoms with E-state index in [0.29, 0.717) is 0 Å². The van der Waals surface area contributed by atoms with Crippen molar-refractivity contribution in [2.45, 2.75) is 39.2 Å². The van der Waals surface area contributed by atoms with Gasteiger partial charge >= 0.3 is 0 Å². The molecule has 0 amide bonds. The number of unbranched alkanes of at least 4 members (excludes halogenated alkanes) is 1. The Bertz CT molecular complexity index is 141. The zero-order chi connectivity index (χ0) is 10.5. The van der Waals surface area contributed by atoms with Crippen molar-refractivity contribution in [2.75, 3.05) is 34.3 Å². The van der Waals surface area contributed by atoms with Crippen LogP contribution in [-0.4, -0.2) is 44.4 Å². The second kappa shape index (κ2) is 6.65. The fraction of sp³-hybridized carbons (Fsp3) is 1.00. The van der Waals surface area contributed by atoms with Gasteiger partial charge in [0.05, 0.1) is 21.1 Å². The summed E-state index contributed by atoms with van der Waals surface area (Å²) in [6.45, 7) is 8.48. The molecular weight excluding hydrogens is 198 g/mol. The van der Waals surface area contributed by atoms with E-state index in [1.165, 1.54) is 12.8 Å². The minimum Gasteiger partial charge on any atom is -1.00 e. The van der Waals surface area contributed by atoms with Crippen molar-refractivity contribution in [1.29, 1.82) is 0 Å². The number of rotatable bonds is 6. The second-order valence-corrected chi connectivity index (χ2v) is 5.41. The monoisotopic (exact) mass is 223 g/mol. The minimum atomic E-state index is 0.